The van der Waals surface area contributed by atoms with Crippen LogP contribution >= 0.6 is 0 Å². The van der Waals surface area contributed by atoms with Crippen molar-refractivity contribution in [2.24, 2.45) is 0 Å². The summed E-state index contributed by atoms with van der Waals surface area (Å²) in [6, 6.07) is 6.11. The van der Waals surface area contributed by atoms with Crippen LogP contribution in [0.2, 0.25) is 0 Å². The lowest BCUT2D eigenvalue weighted by molar-refractivity contribution is -0.389. The van der Waals surface area contributed by atoms with Crippen molar-refractivity contribution >= 4 is 7.25 Å². The zero-order valence-electron chi connectivity index (χ0n) is 7.48. The maximum Gasteiger partial charge on any atom is 0.673 e. The van der Waals surface area contributed by atoms with Crippen LogP contribution in [0.4, 0.5) is 17.3 Å². The lowest BCUT2D eigenvalue weighted by atomic mass is 10.3. The predicted octanol–water partition coefficient (Wildman–Crippen LogP) is -0.633. The number of hydrogen-bond acceptors (Lipinski definition) is 0. The highest BCUT2D eigenvalue weighted by molar-refractivity contribution is 6.50. The molecule has 1 aromatic rings. The van der Waals surface area contributed by atoms with Gasteiger partial charge in [0, 0.05) is 18.6 Å². The van der Waals surface area contributed by atoms with Gasteiger partial charge in [0.2, 0.25) is 0 Å². The summed E-state index contributed by atoms with van der Waals surface area (Å²) < 4.78 is 39.0. The van der Waals surface area contributed by atoms with Gasteiger partial charge in [-0.25, -0.2) is 4.98 Å². The number of hydrogen-bond donors (Lipinski definition) is 0. The van der Waals surface area contributed by atoms with Crippen molar-refractivity contribution in [1.82, 2.24) is 0 Å². The quantitative estimate of drug-likeness (QED) is 0.478. The van der Waals surface area contributed by atoms with Crippen LogP contribution in [0.25, 0.3) is 0 Å². The van der Waals surface area contributed by atoms with Crippen LogP contribution in [-0.4, -0.2) is 7.25 Å². The minimum Gasteiger partial charge on any atom is -1.00 e. The second-order valence-corrected chi connectivity index (χ2v) is 2.24. The molecule has 14 heavy (non-hydrogen) atoms. The van der Waals surface area contributed by atoms with Crippen LogP contribution in [-0.2, 0) is 6.42 Å². The Morgan fingerprint density at radius 3 is 1.93 bits per heavy atom. The standard InChI is InChI=1S/C7H9N.BF4.BrH/c1-2-7-5-3-4-6-8-7;2-1(3,4)5;/h3-6H,2H2,1H3;;1H/q;-1;. The molecule has 0 aromatic carbocycles. The Morgan fingerprint density at radius 1 is 1.21 bits per heavy atom. The molecule has 0 atom stereocenters. The molecule has 0 fully saturated rings. The fraction of sp³-hybridized carbons (Fsp3) is 0.286. The third-order valence-electron chi connectivity index (χ3n) is 1.15. The number of aryl methyl sites for hydroxylation is 1. The lowest BCUT2D eigenvalue weighted by Crippen LogP contribution is -3.00. The van der Waals surface area contributed by atoms with Crippen molar-refractivity contribution in [3.63, 3.8) is 0 Å². The molecular formula is C7H10BBrF4N-. The van der Waals surface area contributed by atoms with E-state index in [4.69, 9.17) is 0 Å². The molecular weight excluding hydrogens is 265 g/mol. The van der Waals surface area contributed by atoms with Crippen molar-refractivity contribution in [2.75, 3.05) is 0 Å². The number of H-pyrrole nitrogens is 1. The second kappa shape index (κ2) is 7.79. The van der Waals surface area contributed by atoms with Crippen LogP contribution in [0.5, 0.6) is 0 Å². The van der Waals surface area contributed by atoms with Crippen molar-refractivity contribution in [3.05, 3.63) is 30.1 Å². The van der Waals surface area contributed by atoms with Gasteiger partial charge >= 0.3 is 7.25 Å². The third kappa shape index (κ3) is 14.0. The molecule has 82 valence electrons. The van der Waals surface area contributed by atoms with Crippen LogP contribution in [0.3, 0.4) is 0 Å². The van der Waals surface area contributed by atoms with Gasteiger partial charge in [0.15, 0.2) is 11.9 Å². The van der Waals surface area contributed by atoms with Crippen LogP contribution in [0.15, 0.2) is 24.4 Å². The van der Waals surface area contributed by atoms with E-state index in [-0.39, 0.29) is 17.0 Å². The normalized spacial score (nSPS) is 9.50. The van der Waals surface area contributed by atoms with Gasteiger partial charge in [-0.1, -0.05) is 13.0 Å². The molecule has 0 spiro atoms. The Hall–Kier alpha value is -0.585. The molecule has 0 unspecified atom stereocenters. The van der Waals surface area contributed by atoms with E-state index in [0.717, 1.165) is 6.42 Å². The van der Waals surface area contributed by atoms with Gasteiger partial charge in [0.05, 0.1) is 0 Å². The monoisotopic (exact) mass is 274 g/mol. The molecule has 1 aromatic heterocycles. The molecule has 0 saturated heterocycles. The van der Waals surface area contributed by atoms with Crippen molar-refractivity contribution in [1.29, 1.82) is 0 Å². The maximum atomic E-state index is 9.75. The second-order valence-electron chi connectivity index (χ2n) is 2.24. The molecule has 0 bridgehead atoms. The Balaban J connectivity index is 0. The molecule has 0 aliphatic rings. The Labute approximate surface area is 90.4 Å². The van der Waals surface area contributed by atoms with Crippen molar-refractivity contribution in [2.45, 2.75) is 13.3 Å². The number of aromatic amines is 1. The van der Waals surface area contributed by atoms with Crippen molar-refractivity contribution in [3.8, 4) is 0 Å². The Bertz CT molecular complexity index is 223. The predicted molar refractivity (Wildman–Crippen MR) is 42.6 cm³/mol. The van der Waals surface area contributed by atoms with E-state index < -0.39 is 7.25 Å². The summed E-state index contributed by atoms with van der Waals surface area (Å²) in [6.07, 6.45) is 3.03. The highest BCUT2D eigenvalue weighted by atomic mass is 79.9. The van der Waals surface area contributed by atoms with Gasteiger partial charge in [0.25, 0.3) is 0 Å². The van der Waals surface area contributed by atoms with E-state index in [0.29, 0.717) is 0 Å². The summed E-state index contributed by atoms with van der Waals surface area (Å²) in [7, 11) is -6.00. The minimum absolute atomic E-state index is 0. The van der Waals surface area contributed by atoms with Crippen molar-refractivity contribution < 1.29 is 39.2 Å². The molecule has 0 radical (unpaired) electrons. The number of aromatic nitrogens is 1. The number of rotatable bonds is 1. The first-order chi connectivity index (χ1) is 5.93. The smallest absolute Gasteiger partial charge is 0.673 e. The van der Waals surface area contributed by atoms with E-state index in [1.165, 1.54) is 5.69 Å². The third-order valence-corrected chi connectivity index (χ3v) is 1.15. The van der Waals surface area contributed by atoms with Gasteiger partial charge in [-0.3, -0.25) is 0 Å². The summed E-state index contributed by atoms with van der Waals surface area (Å²) in [4.78, 5) is 3.12. The van der Waals surface area contributed by atoms with E-state index in [9.17, 15) is 17.3 Å². The summed E-state index contributed by atoms with van der Waals surface area (Å²) in [5.41, 5.74) is 1.28. The largest absolute Gasteiger partial charge is 1.00 e. The first-order valence-corrected chi connectivity index (χ1v) is 3.76. The van der Waals surface area contributed by atoms with Crippen LogP contribution < -0.4 is 22.0 Å². The van der Waals surface area contributed by atoms with Gasteiger partial charge in [-0.05, 0) is 0 Å². The van der Waals surface area contributed by atoms with E-state index in [1.54, 1.807) is 0 Å². The summed E-state index contributed by atoms with van der Waals surface area (Å²) in [5.74, 6) is 0. The molecule has 0 aliphatic heterocycles. The highest BCUT2D eigenvalue weighted by Crippen LogP contribution is 2.06. The summed E-state index contributed by atoms with van der Waals surface area (Å²) in [6.45, 7) is 2.13. The van der Waals surface area contributed by atoms with Gasteiger partial charge in [-0.15, -0.1) is 0 Å². The molecule has 1 rings (SSSR count). The summed E-state index contributed by atoms with van der Waals surface area (Å²) >= 11 is 0. The van der Waals surface area contributed by atoms with E-state index in [2.05, 4.69) is 18.0 Å². The van der Waals surface area contributed by atoms with Gasteiger partial charge in [-0.2, -0.15) is 0 Å². The van der Waals surface area contributed by atoms with Gasteiger partial charge < -0.3 is 34.2 Å². The molecule has 0 amide bonds. The summed E-state index contributed by atoms with van der Waals surface area (Å²) in [5, 5.41) is 0. The van der Waals surface area contributed by atoms with Crippen LogP contribution in [0, 0.1) is 0 Å². The fourth-order valence-corrected chi connectivity index (χ4v) is 0.650. The zero-order valence-corrected chi connectivity index (χ0v) is 9.07. The van der Waals surface area contributed by atoms with E-state index >= 15 is 0 Å². The minimum atomic E-state index is -6.00. The fourth-order valence-electron chi connectivity index (χ4n) is 0.650. The average Bonchev–Trinajstić information content (AvgIpc) is 2.03. The molecule has 1 N–H and O–H groups in total. The molecule has 1 nitrogen and oxygen atoms in total. The number of nitrogens with one attached hydrogen (secondary N) is 1. The molecule has 1 heterocycles. The zero-order chi connectivity index (χ0) is 10.3. The number of halogens is 5. The Kier molecular flexibility index (Phi) is 8.82. The van der Waals surface area contributed by atoms with Gasteiger partial charge in [0.1, 0.15) is 0 Å². The lowest BCUT2D eigenvalue weighted by Gasteiger charge is -1.94. The average molecular weight is 275 g/mol. The molecule has 0 saturated carbocycles. The highest BCUT2D eigenvalue weighted by Gasteiger charge is 2.20. The number of pyridine rings is 1. The maximum absolute atomic E-state index is 9.75. The topological polar surface area (TPSA) is 14.1 Å². The first kappa shape index (κ1) is 15.9. The Morgan fingerprint density at radius 2 is 1.71 bits per heavy atom. The first-order valence-electron chi connectivity index (χ1n) is 3.76. The molecule has 7 heteroatoms. The van der Waals surface area contributed by atoms with E-state index in [1.807, 2.05) is 18.3 Å². The van der Waals surface area contributed by atoms with Crippen LogP contribution in [0.1, 0.15) is 12.6 Å². The molecule has 0 aliphatic carbocycles. The SMILES string of the molecule is CCc1cccc[nH+]1.F[B-](F)(F)F.[Br-].